The Kier molecular flexibility index (Phi) is 3.24. The van der Waals surface area contributed by atoms with Crippen LogP contribution in [0.3, 0.4) is 0 Å². The van der Waals surface area contributed by atoms with Crippen molar-refractivity contribution in [2.24, 2.45) is 5.73 Å². The molecule has 0 saturated carbocycles. The summed E-state index contributed by atoms with van der Waals surface area (Å²) in [7, 11) is 1.11. The predicted octanol–water partition coefficient (Wildman–Crippen LogP) is 0.166. The molecule has 0 amide bonds. The van der Waals surface area contributed by atoms with Gasteiger partial charge in [-0.2, -0.15) is 0 Å². The lowest BCUT2D eigenvalue weighted by atomic mass is 9.72. The first-order valence-corrected chi connectivity index (χ1v) is 2.56. The van der Waals surface area contributed by atoms with Crippen LogP contribution >= 0.6 is 0 Å². The molecular formula is C4H12BN. The normalized spacial score (nSPS) is 13.8. The van der Waals surface area contributed by atoms with Gasteiger partial charge in [0.05, 0.1) is 0 Å². The molecule has 0 aromatic carbocycles. The highest BCUT2D eigenvalue weighted by Crippen LogP contribution is 1.78. The van der Waals surface area contributed by atoms with Crippen LogP contribution in [0.15, 0.2) is 0 Å². The predicted molar refractivity (Wildman–Crippen MR) is 31.3 cm³/mol. The zero-order chi connectivity index (χ0) is 4.99. The Labute approximate surface area is 40.2 Å². The summed E-state index contributed by atoms with van der Waals surface area (Å²) in [5.41, 5.74) is 5.47. The van der Waals surface area contributed by atoms with E-state index in [0.717, 1.165) is 13.7 Å². The summed E-state index contributed by atoms with van der Waals surface area (Å²) in [4.78, 5) is 0. The van der Waals surface area contributed by atoms with Gasteiger partial charge in [0.15, 0.2) is 0 Å². The minimum atomic E-state index is 0.435. The molecule has 0 aliphatic carbocycles. The van der Waals surface area contributed by atoms with Gasteiger partial charge in [-0.3, -0.25) is 0 Å². The van der Waals surface area contributed by atoms with E-state index >= 15 is 0 Å². The van der Waals surface area contributed by atoms with Gasteiger partial charge < -0.3 is 5.73 Å². The molecule has 1 nitrogen and oxygen atoms in total. The topological polar surface area (TPSA) is 26.0 Å². The van der Waals surface area contributed by atoms with Gasteiger partial charge in [0.2, 0.25) is 0 Å². The van der Waals surface area contributed by atoms with E-state index in [1.165, 1.54) is 0 Å². The molecule has 0 aromatic rings. The van der Waals surface area contributed by atoms with Gasteiger partial charge in [-0.25, -0.2) is 0 Å². The summed E-state index contributed by atoms with van der Waals surface area (Å²) in [5, 5.41) is 0. The number of rotatable bonds is 2. The first-order chi connectivity index (χ1) is 2.81. The summed E-state index contributed by atoms with van der Waals surface area (Å²) in [6.07, 6.45) is 1.11. The molecule has 6 heavy (non-hydrogen) atoms. The highest BCUT2D eigenvalue weighted by molar-refractivity contribution is 6.35. The third kappa shape index (κ3) is 2.27. The largest absolute Gasteiger partial charge is 0.335 e. The lowest BCUT2D eigenvalue weighted by molar-refractivity contribution is 0.847. The van der Waals surface area contributed by atoms with Gasteiger partial charge in [-0.05, 0) is 12.4 Å². The first-order valence-electron chi connectivity index (χ1n) is 2.56. The second kappa shape index (κ2) is 3.22. The van der Waals surface area contributed by atoms with E-state index in [-0.39, 0.29) is 0 Å². The molecule has 0 rings (SSSR count). The van der Waals surface area contributed by atoms with Crippen LogP contribution < -0.4 is 5.73 Å². The molecule has 0 heterocycles. The summed E-state index contributed by atoms with van der Waals surface area (Å²) in [5.74, 6) is 0.435. The number of nitrogens with two attached hydrogens (primary N) is 1. The molecular weight excluding hydrogens is 72.9 g/mol. The molecule has 2 N–H and O–H groups in total. The second-order valence-corrected chi connectivity index (χ2v) is 1.58. The maximum atomic E-state index is 5.47. The molecule has 0 aliphatic rings. The van der Waals surface area contributed by atoms with Gasteiger partial charge in [0.1, 0.15) is 7.28 Å². The molecule has 1 atom stereocenters. The maximum Gasteiger partial charge on any atom is 0.138 e. The van der Waals surface area contributed by atoms with E-state index in [0.29, 0.717) is 5.94 Å². The van der Waals surface area contributed by atoms with E-state index in [9.17, 15) is 0 Å². The minimum absolute atomic E-state index is 0.435. The van der Waals surface area contributed by atoms with Crippen molar-refractivity contribution in [1.82, 2.24) is 0 Å². The molecule has 0 aromatic heterocycles. The fourth-order valence-electron chi connectivity index (χ4n) is 0.289. The van der Waals surface area contributed by atoms with E-state index in [1.807, 2.05) is 0 Å². The Morgan fingerprint density at radius 3 is 2.33 bits per heavy atom. The van der Waals surface area contributed by atoms with E-state index in [2.05, 4.69) is 13.7 Å². The highest BCUT2D eigenvalue weighted by atomic mass is 14.6. The van der Waals surface area contributed by atoms with E-state index in [1.54, 1.807) is 0 Å². The smallest absolute Gasteiger partial charge is 0.138 e. The number of hydrogen-bond donors (Lipinski definition) is 1. The van der Waals surface area contributed by atoms with Crippen LogP contribution in [-0.2, 0) is 0 Å². The third-order valence-corrected chi connectivity index (χ3v) is 1.05. The van der Waals surface area contributed by atoms with Crippen molar-refractivity contribution in [1.29, 1.82) is 0 Å². The van der Waals surface area contributed by atoms with Crippen molar-refractivity contribution in [3.05, 3.63) is 0 Å². The Morgan fingerprint density at radius 2 is 2.33 bits per heavy atom. The average Bonchev–Trinajstić information content (AvgIpc) is 1.65. The minimum Gasteiger partial charge on any atom is -0.335 e. The fourth-order valence-corrected chi connectivity index (χ4v) is 0.289. The third-order valence-electron chi connectivity index (χ3n) is 1.05. The van der Waals surface area contributed by atoms with Crippen LogP contribution in [0.1, 0.15) is 13.3 Å². The lowest BCUT2D eigenvalue weighted by Gasteiger charge is -1.98. The van der Waals surface area contributed by atoms with E-state index < -0.39 is 0 Å². The average molecular weight is 85.0 g/mol. The first kappa shape index (κ1) is 6.02. The number of hydrogen-bond acceptors (Lipinski definition) is 1. The Morgan fingerprint density at radius 1 is 1.83 bits per heavy atom. The zero-order valence-electron chi connectivity index (χ0n) is 4.57. The molecule has 0 fully saturated rings. The summed E-state index contributed by atoms with van der Waals surface area (Å²) in [6, 6.07) is 0. The van der Waals surface area contributed by atoms with Gasteiger partial charge in [0, 0.05) is 0 Å². The van der Waals surface area contributed by atoms with Crippen LogP contribution in [0.2, 0.25) is 6.82 Å². The Balaban J connectivity index is 2.75. The van der Waals surface area contributed by atoms with Gasteiger partial charge in [-0.1, -0.05) is 13.7 Å². The quantitative estimate of drug-likeness (QED) is 0.475. The van der Waals surface area contributed by atoms with Crippen LogP contribution in [0.4, 0.5) is 0 Å². The van der Waals surface area contributed by atoms with Crippen molar-refractivity contribution < 1.29 is 0 Å². The van der Waals surface area contributed by atoms with Gasteiger partial charge in [-0.15, -0.1) is 0 Å². The SMILES string of the molecule is CBC(N)CC. The van der Waals surface area contributed by atoms with Crippen molar-refractivity contribution in [2.45, 2.75) is 26.1 Å². The highest BCUT2D eigenvalue weighted by Gasteiger charge is 1.91. The monoisotopic (exact) mass is 85.1 g/mol. The van der Waals surface area contributed by atoms with Crippen LogP contribution in [-0.4, -0.2) is 13.2 Å². The Hall–Kier alpha value is 0.0249. The van der Waals surface area contributed by atoms with Crippen molar-refractivity contribution in [3.63, 3.8) is 0 Å². The molecule has 2 heteroatoms. The molecule has 0 saturated heterocycles. The van der Waals surface area contributed by atoms with Gasteiger partial charge in [0.25, 0.3) is 0 Å². The summed E-state index contributed by atoms with van der Waals surface area (Å²) >= 11 is 0. The van der Waals surface area contributed by atoms with Crippen LogP contribution in [0.25, 0.3) is 0 Å². The molecule has 36 valence electrons. The van der Waals surface area contributed by atoms with E-state index in [4.69, 9.17) is 5.73 Å². The zero-order valence-corrected chi connectivity index (χ0v) is 4.57. The van der Waals surface area contributed by atoms with Crippen molar-refractivity contribution >= 4 is 7.28 Å². The molecule has 0 radical (unpaired) electrons. The standard InChI is InChI=1S/C4H12BN/c1-3-4(6)5-2/h4-5H,3,6H2,1-2H3. The lowest BCUT2D eigenvalue weighted by Crippen LogP contribution is -2.23. The molecule has 1 unspecified atom stereocenters. The fraction of sp³-hybridized carbons (Fsp3) is 1.00. The maximum absolute atomic E-state index is 5.47. The Bertz CT molecular complexity index is 26.7. The molecule has 0 spiro atoms. The van der Waals surface area contributed by atoms with Crippen molar-refractivity contribution in [3.8, 4) is 0 Å². The second-order valence-electron chi connectivity index (χ2n) is 1.58. The van der Waals surface area contributed by atoms with Crippen LogP contribution in [0, 0.1) is 0 Å². The summed E-state index contributed by atoms with van der Waals surface area (Å²) in [6.45, 7) is 4.21. The van der Waals surface area contributed by atoms with Gasteiger partial charge >= 0.3 is 0 Å². The van der Waals surface area contributed by atoms with Crippen molar-refractivity contribution in [2.75, 3.05) is 0 Å². The molecule has 0 bridgehead atoms. The molecule has 0 aliphatic heterocycles. The summed E-state index contributed by atoms with van der Waals surface area (Å²) < 4.78 is 0. The van der Waals surface area contributed by atoms with Crippen LogP contribution in [0.5, 0.6) is 0 Å².